The number of alkyl carbamates (subject to hydrolysis) is 1. The molecule has 11 heteroatoms. The second-order valence-electron chi connectivity index (χ2n) is 11.1. The number of nitrogens with two attached hydrogens (primary N) is 1. The van der Waals surface area contributed by atoms with Crippen molar-refractivity contribution in [2.45, 2.75) is 64.7 Å². The molecular weight excluding hydrogens is 490 g/mol. The van der Waals surface area contributed by atoms with E-state index in [1.807, 2.05) is 6.92 Å². The summed E-state index contributed by atoms with van der Waals surface area (Å²) in [7, 11) is 1.44. The van der Waals surface area contributed by atoms with Crippen molar-refractivity contribution in [3.63, 3.8) is 0 Å². The molecule has 38 heavy (non-hydrogen) atoms. The van der Waals surface area contributed by atoms with Gasteiger partial charge in [0.25, 0.3) is 0 Å². The second-order valence-corrected chi connectivity index (χ2v) is 11.1. The minimum atomic E-state index is -0.630. The minimum absolute atomic E-state index is 0.216. The highest BCUT2D eigenvalue weighted by Crippen LogP contribution is 2.57. The lowest BCUT2D eigenvalue weighted by atomic mass is 9.73. The summed E-state index contributed by atoms with van der Waals surface area (Å²) in [5, 5.41) is 4.97. The average Bonchev–Trinajstić information content (AvgIpc) is 3.22. The zero-order chi connectivity index (χ0) is 27.7. The summed E-state index contributed by atoms with van der Waals surface area (Å²) in [5.41, 5.74) is 5.17. The smallest absolute Gasteiger partial charge is 0.407 e. The normalized spacial score (nSPS) is 25.9. The molecule has 3 fully saturated rings. The van der Waals surface area contributed by atoms with Crippen LogP contribution in [0.25, 0.3) is 0 Å². The summed E-state index contributed by atoms with van der Waals surface area (Å²) < 4.78 is 5.59. The Kier molecular flexibility index (Phi) is 11.2. The fraction of sp³-hybridized carbons (Fsp3) is 0.815. The molecule has 0 aromatic carbocycles. The van der Waals surface area contributed by atoms with Gasteiger partial charge in [-0.05, 0) is 61.7 Å². The van der Waals surface area contributed by atoms with Crippen molar-refractivity contribution < 1.29 is 28.7 Å². The Morgan fingerprint density at radius 3 is 1.92 bits per heavy atom. The number of likely N-dealkylation sites (N-methyl/N-ethyl adjacent to an activating group) is 1. The maximum Gasteiger partial charge on any atom is 0.407 e. The monoisotopic (exact) mass is 535 g/mol. The fourth-order valence-electron chi connectivity index (χ4n) is 6.97. The van der Waals surface area contributed by atoms with E-state index in [2.05, 4.69) is 10.6 Å². The quantitative estimate of drug-likeness (QED) is 0.342. The minimum Gasteiger partial charge on any atom is -0.449 e. The maximum absolute atomic E-state index is 12.4. The van der Waals surface area contributed by atoms with Crippen molar-refractivity contribution in [3.8, 4) is 0 Å². The summed E-state index contributed by atoms with van der Waals surface area (Å²) in [6.07, 6.45) is 10.2. The molecule has 3 aliphatic rings. The molecule has 0 heterocycles. The van der Waals surface area contributed by atoms with Crippen LogP contribution in [0.5, 0.6) is 0 Å². The van der Waals surface area contributed by atoms with E-state index in [-0.39, 0.29) is 26.2 Å². The van der Waals surface area contributed by atoms with Gasteiger partial charge in [0, 0.05) is 13.6 Å². The number of ether oxygens (including phenoxy) is 1. The van der Waals surface area contributed by atoms with Crippen molar-refractivity contribution in [3.05, 3.63) is 0 Å². The second kappa shape index (κ2) is 14.3. The fourth-order valence-corrected chi connectivity index (χ4v) is 6.97. The largest absolute Gasteiger partial charge is 0.449 e. The third kappa shape index (κ3) is 8.07. The van der Waals surface area contributed by atoms with Crippen molar-refractivity contribution in [2.75, 3.05) is 46.4 Å². The standard InChI is InChI=1S/C27H45N5O6/c1-3-12-32(15-23(28)33)26(36)14-29-24(34)16-31(2)25(35)13-30-27(37)38-17-22-20-10-6-4-8-18(20)19-9-5-7-11-21(19)22/h18-22H,3-17H2,1-2H3,(H2,28,33)(H,29,34)(H,30,37). The van der Waals surface area contributed by atoms with Gasteiger partial charge in [0.1, 0.15) is 6.54 Å². The van der Waals surface area contributed by atoms with Gasteiger partial charge in [-0.15, -0.1) is 0 Å². The number of hydrogen-bond donors (Lipinski definition) is 3. The average molecular weight is 536 g/mol. The molecule has 0 aromatic heterocycles. The van der Waals surface area contributed by atoms with Crippen LogP contribution < -0.4 is 16.4 Å². The number of nitrogens with one attached hydrogen (secondary N) is 2. The first-order chi connectivity index (χ1) is 18.2. The van der Waals surface area contributed by atoms with Gasteiger partial charge in [0.05, 0.1) is 26.2 Å². The van der Waals surface area contributed by atoms with E-state index in [4.69, 9.17) is 10.5 Å². The zero-order valence-electron chi connectivity index (χ0n) is 22.9. The topological polar surface area (TPSA) is 151 Å². The predicted octanol–water partition coefficient (Wildman–Crippen LogP) is 1.25. The number of hydrogen-bond acceptors (Lipinski definition) is 6. The van der Waals surface area contributed by atoms with Crippen molar-refractivity contribution in [1.82, 2.24) is 20.4 Å². The van der Waals surface area contributed by atoms with E-state index < -0.39 is 29.7 Å². The van der Waals surface area contributed by atoms with Gasteiger partial charge in [-0.25, -0.2) is 4.79 Å². The Balaban J connectivity index is 1.36. The number of nitrogens with zero attached hydrogens (tertiary/aromatic N) is 2. The van der Waals surface area contributed by atoms with Crippen LogP contribution in [0.4, 0.5) is 4.79 Å². The summed E-state index contributed by atoms with van der Waals surface area (Å²) in [5.74, 6) is 1.22. The van der Waals surface area contributed by atoms with Crippen LogP contribution in [0, 0.1) is 29.6 Å². The molecule has 214 valence electrons. The maximum atomic E-state index is 12.4. The van der Waals surface area contributed by atoms with Crippen LogP contribution in [0.1, 0.15) is 64.7 Å². The Morgan fingerprint density at radius 1 is 0.816 bits per heavy atom. The molecule has 0 aliphatic heterocycles. The van der Waals surface area contributed by atoms with E-state index in [9.17, 15) is 24.0 Å². The van der Waals surface area contributed by atoms with Crippen LogP contribution in [-0.2, 0) is 23.9 Å². The molecule has 3 rings (SSSR count). The van der Waals surface area contributed by atoms with Crippen molar-refractivity contribution >= 4 is 29.7 Å². The molecule has 0 aromatic rings. The lowest BCUT2D eigenvalue weighted by molar-refractivity contribution is -0.137. The molecule has 0 bridgehead atoms. The van der Waals surface area contributed by atoms with Gasteiger partial charge < -0.3 is 30.9 Å². The molecule has 0 radical (unpaired) electrons. The van der Waals surface area contributed by atoms with Crippen molar-refractivity contribution in [1.29, 1.82) is 0 Å². The van der Waals surface area contributed by atoms with Crippen LogP contribution in [0.3, 0.4) is 0 Å². The Hall–Kier alpha value is -2.85. The van der Waals surface area contributed by atoms with Gasteiger partial charge >= 0.3 is 6.09 Å². The lowest BCUT2D eigenvalue weighted by Gasteiger charge is -2.32. The molecule has 11 nitrogen and oxygen atoms in total. The molecule has 0 saturated heterocycles. The molecule has 4 unspecified atom stereocenters. The van der Waals surface area contributed by atoms with E-state index in [0.717, 1.165) is 11.8 Å². The first-order valence-electron chi connectivity index (χ1n) is 14.2. The van der Waals surface area contributed by atoms with Gasteiger partial charge in [-0.3, -0.25) is 19.2 Å². The van der Waals surface area contributed by atoms with Gasteiger partial charge in [-0.2, -0.15) is 0 Å². The number of carbonyl (C=O) groups excluding carboxylic acids is 5. The molecule has 3 aliphatic carbocycles. The first kappa shape index (κ1) is 29.7. The SMILES string of the molecule is CCCN(CC(N)=O)C(=O)CNC(=O)CN(C)C(=O)CNC(=O)OCC1C2CCCCC2C2CCCCC21. The van der Waals surface area contributed by atoms with E-state index >= 15 is 0 Å². The van der Waals surface area contributed by atoms with Crippen LogP contribution in [-0.4, -0.2) is 85.9 Å². The Morgan fingerprint density at radius 2 is 1.37 bits per heavy atom. The van der Waals surface area contributed by atoms with E-state index in [1.165, 1.54) is 68.2 Å². The highest BCUT2D eigenvalue weighted by atomic mass is 16.5. The predicted molar refractivity (Wildman–Crippen MR) is 140 cm³/mol. The van der Waals surface area contributed by atoms with Crippen LogP contribution >= 0.6 is 0 Å². The highest BCUT2D eigenvalue weighted by molar-refractivity contribution is 5.90. The summed E-state index contributed by atoms with van der Waals surface area (Å²) in [4.78, 5) is 62.8. The zero-order valence-corrected chi connectivity index (χ0v) is 22.9. The molecular formula is C27H45N5O6. The van der Waals surface area contributed by atoms with E-state index in [1.54, 1.807) is 0 Å². The van der Waals surface area contributed by atoms with Crippen molar-refractivity contribution in [2.24, 2.45) is 35.3 Å². The molecule has 5 amide bonds. The van der Waals surface area contributed by atoms with Gasteiger partial charge in [0.2, 0.25) is 23.6 Å². The molecule has 4 N–H and O–H groups in total. The summed E-state index contributed by atoms with van der Waals surface area (Å²) in [6, 6.07) is 0. The number of carbonyl (C=O) groups is 5. The summed E-state index contributed by atoms with van der Waals surface area (Å²) in [6.45, 7) is 1.53. The number of amides is 5. The van der Waals surface area contributed by atoms with E-state index in [0.29, 0.717) is 37.3 Å². The molecule has 3 saturated carbocycles. The Labute approximate surface area is 225 Å². The van der Waals surface area contributed by atoms with Crippen LogP contribution in [0.15, 0.2) is 0 Å². The van der Waals surface area contributed by atoms with Crippen LogP contribution in [0.2, 0.25) is 0 Å². The Bertz CT molecular complexity index is 845. The molecule has 4 atom stereocenters. The molecule has 0 spiro atoms. The summed E-state index contributed by atoms with van der Waals surface area (Å²) >= 11 is 0. The number of fused-ring (bicyclic) bond motifs is 3. The highest BCUT2D eigenvalue weighted by Gasteiger charge is 2.51. The third-order valence-electron chi connectivity index (χ3n) is 8.63. The first-order valence-corrected chi connectivity index (χ1v) is 14.2. The van der Waals surface area contributed by atoms with Gasteiger partial charge in [-0.1, -0.05) is 32.6 Å². The van der Waals surface area contributed by atoms with Gasteiger partial charge in [0.15, 0.2) is 0 Å². The number of rotatable bonds is 12. The third-order valence-corrected chi connectivity index (χ3v) is 8.63. The lowest BCUT2D eigenvalue weighted by Crippen LogP contribution is -2.47. The number of primary amides is 1.